The minimum absolute atomic E-state index is 0. The summed E-state index contributed by atoms with van der Waals surface area (Å²) in [5, 5.41) is 18.5. The molecule has 0 radical (unpaired) electrons. The van der Waals surface area contributed by atoms with Crippen molar-refractivity contribution in [3.63, 3.8) is 0 Å². The molecule has 0 aromatic rings. The van der Waals surface area contributed by atoms with Crippen LogP contribution in [0, 0.1) is 0 Å². The molecule has 6 heteroatoms. The normalized spacial score (nSPS) is 41.0. The Bertz CT molecular complexity index is 114. The highest BCUT2D eigenvalue weighted by Gasteiger charge is 2.38. The van der Waals surface area contributed by atoms with Crippen LogP contribution in [0.1, 0.15) is 12.8 Å². The van der Waals surface area contributed by atoms with Gasteiger partial charge in [-0.1, -0.05) is 0 Å². The van der Waals surface area contributed by atoms with Crippen LogP contribution in [0.4, 0.5) is 0 Å². The van der Waals surface area contributed by atoms with E-state index in [-0.39, 0.29) is 49.1 Å². The lowest BCUT2D eigenvalue weighted by Crippen LogP contribution is -3.00. The molecule has 8 N–H and O–H groups in total. The summed E-state index contributed by atoms with van der Waals surface area (Å²) in [6.45, 7) is 0. The predicted octanol–water partition coefficient (Wildman–Crippen LogP) is -9.27. The van der Waals surface area contributed by atoms with E-state index in [1.165, 1.54) is 0 Å². The van der Waals surface area contributed by atoms with Crippen molar-refractivity contribution in [3.8, 4) is 0 Å². The van der Waals surface area contributed by atoms with Crippen molar-refractivity contribution in [3.05, 3.63) is 0 Å². The average molecular weight is 219 g/mol. The Balaban J connectivity index is 0. The van der Waals surface area contributed by atoms with Crippen LogP contribution in [0.2, 0.25) is 0 Å². The average Bonchev–Trinajstić information content (AvgIpc) is 1.93. The minimum atomic E-state index is -0.370. The van der Waals surface area contributed by atoms with Crippen LogP contribution in [-0.4, -0.2) is 34.5 Å². The summed E-state index contributed by atoms with van der Waals surface area (Å²) in [6.07, 6.45) is 0.569. The predicted molar refractivity (Wildman–Crippen MR) is 34.6 cm³/mol. The highest BCUT2D eigenvalue weighted by molar-refractivity contribution is 4.84. The van der Waals surface area contributed by atoms with Crippen LogP contribution in [0.25, 0.3) is 0 Å². The van der Waals surface area contributed by atoms with E-state index in [4.69, 9.17) is 0 Å². The standard InChI is InChI=1S/C6H14N2O2.2ClH/c7-5-3(9)1-2-4(10)6(5)8;;/h3-6,9-10H,1-2,7-8H2;2*1H/t3-,4-,5-,6-;;/m1../s1. The van der Waals surface area contributed by atoms with E-state index in [1.54, 1.807) is 0 Å². The van der Waals surface area contributed by atoms with Crippen LogP contribution in [0.15, 0.2) is 0 Å². The summed E-state index contributed by atoms with van der Waals surface area (Å²) >= 11 is 0. The Morgan fingerprint density at radius 1 is 0.833 bits per heavy atom. The van der Waals surface area contributed by atoms with Crippen molar-refractivity contribution < 1.29 is 46.5 Å². The van der Waals surface area contributed by atoms with Crippen LogP contribution >= 0.6 is 0 Å². The number of hydrogen-bond donors (Lipinski definition) is 4. The van der Waals surface area contributed by atoms with Crippen molar-refractivity contribution >= 4 is 0 Å². The van der Waals surface area contributed by atoms with E-state index >= 15 is 0 Å². The molecule has 0 saturated heterocycles. The van der Waals surface area contributed by atoms with E-state index in [9.17, 15) is 10.2 Å². The maximum Gasteiger partial charge on any atom is 0.165 e. The van der Waals surface area contributed by atoms with Crippen molar-refractivity contribution in [2.75, 3.05) is 0 Å². The van der Waals surface area contributed by atoms with Gasteiger partial charge < -0.3 is 46.5 Å². The Hall–Kier alpha value is 0.420. The molecule has 1 rings (SSSR count). The summed E-state index contributed by atoms with van der Waals surface area (Å²) in [6, 6.07) is -0.215. The van der Waals surface area contributed by atoms with Gasteiger partial charge in [0.25, 0.3) is 0 Å². The smallest absolute Gasteiger partial charge is 0.165 e. The first-order chi connectivity index (χ1) is 4.63. The second kappa shape index (κ2) is 5.96. The third kappa shape index (κ3) is 3.05. The molecule has 0 heterocycles. The first-order valence-electron chi connectivity index (χ1n) is 3.65. The lowest BCUT2D eigenvalue weighted by Gasteiger charge is -2.28. The zero-order valence-corrected chi connectivity index (χ0v) is 8.30. The van der Waals surface area contributed by atoms with Crippen molar-refractivity contribution in [2.45, 2.75) is 37.1 Å². The van der Waals surface area contributed by atoms with E-state index in [2.05, 4.69) is 11.5 Å². The van der Waals surface area contributed by atoms with Crippen molar-refractivity contribution in [1.29, 1.82) is 0 Å². The van der Waals surface area contributed by atoms with Gasteiger partial charge in [0, 0.05) is 0 Å². The summed E-state index contributed by atoms with van der Waals surface area (Å²) in [7, 11) is 0. The molecule has 0 amide bonds. The number of hydrogen-bond acceptors (Lipinski definition) is 2. The fourth-order valence-electron chi connectivity index (χ4n) is 1.34. The molecular formula is C6H16Cl2N2O2. The first-order valence-corrected chi connectivity index (χ1v) is 3.65. The van der Waals surface area contributed by atoms with Gasteiger partial charge in [-0.3, -0.25) is 0 Å². The number of rotatable bonds is 0. The third-order valence-electron chi connectivity index (χ3n) is 2.30. The van der Waals surface area contributed by atoms with Crippen LogP contribution < -0.4 is 36.3 Å². The minimum Gasteiger partial charge on any atom is -1.00 e. The van der Waals surface area contributed by atoms with Gasteiger partial charge in [-0.05, 0) is 12.8 Å². The summed E-state index contributed by atoms with van der Waals surface area (Å²) in [5.41, 5.74) is 7.47. The lowest BCUT2D eigenvalue weighted by atomic mass is 9.87. The summed E-state index contributed by atoms with van der Waals surface area (Å²) < 4.78 is 0. The van der Waals surface area contributed by atoms with Gasteiger partial charge in [-0.15, -0.1) is 0 Å². The Labute approximate surface area is 84.1 Å². The number of quaternary nitrogens is 2. The molecule has 12 heavy (non-hydrogen) atoms. The van der Waals surface area contributed by atoms with Gasteiger partial charge in [-0.25, -0.2) is 0 Å². The highest BCUT2D eigenvalue weighted by Crippen LogP contribution is 2.14. The van der Waals surface area contributed by atoms with Gasteiger partial charge in [0.05, 0.1) is 0 Å². The molecular weight excluding hydrogens is 203 g/mol. The third-order valence-corrected chi connectivity index (χ3v) is 2.30. The molecule has 0 unspecified atom stereocenters. The van der Waals surface area contributed by atoms with Gasteiger partial charge in [0.15, 0.2) is 12.1 Å². The number of aliphatic hydroxyl groups excluding tert-OH is 2. The monoisotopic (exact) mass is 218 g/mol. The molecule has 4 atom stereocenters. The van der Waals surface area contributed by atoms with E-state index in [1.807, 2.05) is 0 Å². The van der Waals surface area contributed by atoms with Gasteiger partial charge in [0.2, 0.25) is 0 Å². The largest absolute Gasteiger partial charge is 1.00 e. The Morgan fingerprint density at radius 2 is 1.08 bits per heavy atom. The van der Waals surface area contributed by atoms with E-state index in [0.29, 0.717) is 12.8 Å². The van der Waals surface area contributed by atoms with Gasteiger partial charge >= 0.3 is 0 Å². The fourth-order valence-corrected chi connectivity index (χ4v) is 1.34. The quantitative estimate of drug-likeness (QED) is 0.325. The molecule has 0 bridgehead atoms. The molecule has 1 fully saturated rings. The first kappa shape index (κ1) is 14.9. The maximum atomic E-state index is 9.25. The fraction of sp³-hybridized carbons (Fsp3) is 1.00. The lowest BCUT2D eigenvalue weighted by molar-refractivity contribution is -0.554. The summed E-state index contributed by atoms with van der Waals surface area (Å²) in [5.74, 6) is 0. The molecule has 1 aliphatic rings. The molecule has 1 saturated carbocycles. The Kier molecular flexibility index (Phi) is 7.41. The van der Waals surface area contributed by atoms with Crippen LogP contribution in [0.5, 0.6) is 0 Å². The zero-order chi connectivity index (χ0) is 7.72. The second-order valence-electron chi connectivity index (χ2n) is 3.04. The van der Waals surface area contributed by atoms with Crippen molar-refractivity contribution in [1.82, 2.24) is 0 Å². The second-order valence-corrected chi connectivity index (χ2v) is 3.04. The molecule has 4 nitrogen and oxygen atoms in total. The van der Waals surface area contributed by atoms with Crippen molar-refractivity contribution in [2.24, 2.45) is 0 Å². The number of halogens is 2. The maximum absolute atomic E-state index is 9.25. The molecule has 0 spiro atoms. The SMILES string of the molecule is [Cl-].[Cl-].[NH3+][C@H]1[C@H]([NH3+])[C@H](O)CC[C@H]1O. The topological polar surface area (TPSA) is 95.7 Å². The summed E-state index contributed by atoms with van der Waals surface area (Å²) in [4.78, 5) is 0. The van der Waals surface area contributed by atoms with E-state index in [0.717, 1.165) is 0 Å². The zero-order valence-electron chi connectivity index (χ0n) is 6.79. The molecule has 1 aliphatic carbocycles. The molecule has 76 valence electrons. The molecule has 0 aliphatic heterocycles. The van der Waals surface area contributed by atoms with Gasteiger partial charge in [0.1, 0.15) is 12.2 Å². The molecule has 0 aromatic heterocycles. The molecule has 0 aromatic carbocycles. The van der Waals surface area contributed by atoms with Gasteiger partial charge in [-0.2, -0.15) is 0 Å². The van der Waals surface area contributed by atoms with Crippen LogP contribution in [-0.2, 0) is 0 Å². The van der Waals surface area contributed by atoms with E-state index < -0.39 is 0 Å². The Morgan fingerprint density at radius 3 is 1.33 bits per heavy atom. The van der Waals surface area contributed by atoms with Crippen LogP contribution in [0.3, 0.4) is 0 Å². The number of aliphatic hydroxyl groups is 2. The highest BCUT2D eigenvalue weighted by atomic mass is 35.5.